The molecule has 0 saturated carbocycles. The summed E-state index contributed by atoms with van der Waals surface area (Å²) in [4.78, 5) is 31.5. The molecule has 8 heteroatoms. The number of likely N-dealkylation sites (N-methyl/N-ethyl adjacent to an activating group) is 1. The van der Waals surface area contributed by atoms with Gasteiger partial charge < -0.3 is 4.90 Å². The Morgan fingerprint density at radius 2 is 1.94 bits per heavy atom. The van der Waals surface area contributed by atoms with E-state index in [9.17, 15) is 4.79 Å². The van der Waals surface area contributed by atoms with Gasteiger partial charge in [-0.15, -0.1) is 0 Å². The average molecular weight is 440 g/mol. The molecule has 4 aromatic rings. The minimum absolute atomic E-state index is 0.00267. The fourth-order valence-corrected chi connectivity index (χ4v) is 5.04. The number of nitrogens with zero attached hydrogens (tertiary/aromatic N) is 7. The summed E-state index contributed by atoms with van der Waals surface area (Å²) in [5.74, 6) is 1.42. The second-order valence-electron chi connectivity index (χ2n) is 9.10. The van der Waals surface area contributed by atoms with Crippen LogP contribution in [0.2, 0.25) is 0 Å². The number of carbonyl (C=O) groups excluding carboxylic acids is 1. The first-order valence-corrected chi connectivity index (χ1v) is 11.2. The van der Waals surface area contributed by atoms with Crippen molar-refractivity contribution in [1.29, 1.82) is 0 Å². The minimum Gasteiger partial charge on any atom is -0.351 e. The molecular formula is C25H25N7O. The second kappa shape index (κ2) is 7.74. The fraction of sp³-hybridized carbons (Fsp3) is 0.320. The number of fused-ring (bicyclic) bond motifs is 3. The van der Waals surface area contributed by atoms with E-state index in [0.717, 1.165) is 40.9 Å². The predicted molar refractivity (Wildman–Crippen MR) is 126 cm³/mol. The number of carbonyl (C=O) groups is 1. The van der Waals surface area contributed by atoms with E-state index < -0.39 is 0 Å². The van der Waals surface area contributed by atoms with Gasteiger partial charge in [0.1, 0.15) is 11.6 Å². The molecule has 2 aliphatic heterocycles. The molecule has 8 nitrogen and oxygen atoms in total. The molecule has 5 heterocycles. The van der Waals surface area contributed by atoms with Crippen LogP contribution in [0.3, 0.4) is 0 Å². The zero-order valence-electron chi connectivity index (χ0n) is 18.7. The quantitative estimate of drug-likeness (QED) is 0.442. The molecule has 0 amide bonds. The van der Waals surface area contributed by atoms with E-state index in [-0.39, 0.29) is 12.2 Å². The van der Waals surface area contributed by atoms with Gasteiger partial charge in [-0.3, -0.25) is 14.4 Å². The summed E-state index contributed by atoms with van der Waals surface area (Å²) in [7, 11) is 4.08. The van der Waals surface area contributed by atoms with Crippen LogP contribution in [0.4, 0.5) is 5.82 Å². The Balaban J connectivity index is 1.23. The van der Waals surface area contributed by atoms with Crippen LogP contribution in [0, 0.1) is 0 Å². The number of anilines is 1. The van der Waals surface area contributed by atoms with Crippen molar-refractivity contribution in [1.82, 2.24) is 29.6 Å². The van der Waals surface area contributed by atoms with Crippen LogP contribution >= 0.6 is 0 Å². The van der Waals surface area contributed by atoms with Gasteiger partial charge in [-0.2, -0.15) is 5.10 Å². The molecule has 0 N–H and O–H groups in total. The lowest BCUT2D eigenvalue weighted by molar-refractivity contribution is 0.0991. The standard InChI is InChI=1S/C25H25N7O/c1-30-14-21-9-20(30)15-32(21)25-8-17(5-6-26-25)23(33)10-24-27-11-18-4-3-16(7-22(18)29-24)19-12-28-31(2)13-19/h3-8,11-13,20-21H,9-10,14-15H2,1-2H3. The highest BCUT2D eigenvalue weighted by Crippen LogP contribution is 2.33. The second-order valence-corrected chi connectivity index (χ2v) is 9.10. The van der Waals surface area contributed by atoms with Gasteiger partial charge in [0.25, 0.3) is 0 Å². The summed E-state index contributed by atoms with van der Waals surface area (Å²) in [6.07, 6.45) is 8.65. The fourth-order valence-electron chi connectivity index (χ4n) is 5.04. The van der Waals surface area contributed by atoms with E-state index in [1.54, 1.807) is 23.1 Å². The van der Waals surface area contributed by atoms with Gasteiger partial charge in [0.2, 0.25) is 0 Å². The highest BCUT2D eigenvalue weighted by molar-refractivity contribution is 5.98. The zero-order valence-corrected chi connectivity index (χ0v) is 18.7. The van der Waals surface area contributed by atoms with E-state index >= 15 is 0 Å². The lowest BCUT2D eigenvalue weighted by Gasteiger charge is -2.32. The van der Waals surface area contributed by atoms with Gasteiger partial charge in [0.05, 0.1) is 18.1 Å². The van der Waals surface area contributed by atoms with Crippen molar-refractivity contribution in [2.24, 2.45) is 7.05 Å². The van der Waals surface area contributed by atoms with Gasteiger partial charge in [-0.25, -0.2) is 15.0 Å². The summed E-state index contributed by atoms with van der Waals surface area (Å²) in [6.45, 7) is 2.02. The van der Waals surface area contributed by atoms with E-state index in [2.05, 4.69) is 36.9 Å². The van der Waals surface area contributed by atoms with Crippen molar-refractivity contribution in [3.63, 3.8) is 0 Å². The van der Waals surface area contributed by atoms with Crippen LogP contribution in [-0.2, 0) is 13.5 Å². The van der Waals surface area contributed by atoms with Crippen molar-refractivity contribution < 1.29 is 4.79 Å². The highest BCUT2D eigenvalue weighted by Gasteiger charge is 2.41. The number of hydrogen-bond acceptors (Lipinski definition) is 7. The number of rotatable bonds is 5. The molecule has 1 aromatic carbocycles. The Bertz CT molecular complexity index is 1360. The zero-order chi connectivity index (χ0) is 22.5. The number of Topliss-reactive ketones (excluding diaryl/α,β-unsaturated/α-hetero) is 1. The van der Waals surface area contributed by atoms with E-state index in [1.165, 1.54) is 6.42 Å². The van der Waals surface area contributed by atoms with E-state index in [1.807, 2.05) is 43.7 Å². The predicted octanol–water partition coefficient (Wildman–Crippen LogP) is 2.74. The van der Waals surface area contributed by atoms with Crippen LogP contribution < -0.4 is 4.90 Å². The third-order valence-corrected chi connectivity index (χ3v) is 6.87. The largest absolute Gasteiger partial charge is 0.351 e. The summed E-state index contributed by atoms with van der Waals surface area (Å²) in [6, 6.07) is 10.8. The Morgan fingerprint density at radius 1 is 1.03 bits per heavy atom. The molecule has 0 radical (unpaired) electrons. The third-order valence-electron chi connectivity index (χ3n) is 6.87. The normalized spacial score (nSPS) is 20.1. The topological polar surface area (TPSA) is 80.0 Å². The Morgan fingerprint density at radius 3 is 2.70 bits per heavy atom. The van der Waals surface area contributed by atoms with Crippen molar-refractivity contribution in [3.05, 3.63) is 66.5 Å². The van der Waals surface area contributed by atoms with Crippen molar-refractivity contribution >= 4 is 22.5 Å². The van der Waals surface area contributed by atoms with Gasteiger partial charge >= 0.3 is 0 Å². The summed E-state index contributed by atoms with van der Waals surface area (Å²) in [5.41, 5.74) is 3.54. The van der Waals surface area contributed by atoms with Crippen LogP contribution in [0.1, 0.15) is 22.6 Å². The molecule has 2 saturated heterocycles. The van der Waals surface area contributed by atoms with Gasteiger partial charge in [0.15, 0.2) is 5.78 Å². The first kappa shape index (κ1) is 20.0. The SMILES string of the molecule is CN1CC2CC1CN2c1cc(C(=O)Cc2ncc3ccc(-c4cnn(C)c4)cc3n2)ccn1. The van der Waals surface area contributed by atoms with Crippen molar-refractivity contribution in [2.45, 2.75) is 24.9 Å². The summed E-state index contributed by atoms with van der Waals surface area (Å²) in [5, 5.41) is 5.19. The number of aryl methyl sites for hydroxylation is 1. The van der Waals surface area contributed by atoms with E-state index in [0.29, 0.717) is 23.5 Å². The Labute approximate surface area is 191 Å². The summed E-state index contributed by atoms with van der Waals surface area (Å²) >= 11 is 0. The maximum absolute atomic E-state index is 13.1. The maximum Gasteiger partial charge on any atom is 0.170 e. The first-order valence-electron chi connectivity index (χ1n) is 11.2. The molecule has 166 valence electrons. The Hall–Kier alpha value is -3.65. The molecule has 2 fully saturated rings. The number of ketones is 1. The minimum atomic E-state index is 0.00267. The average Bonchev–Trinajstić information content (AvgIpc) is 3.54. The molecule has 2 bridgehead atoms. The highest BCUT2D eigenvalue weighted by atomic mass is 16.1. The van der Waals surface area contributed by atoms with Gasteiger partial charge in [-0.1, -0.05) is 12.1 Å². The number of piperazine rings is 1. The number of benzene rings is 1. The number of aromatic nitrogens is 5. The van der Waals surface area contributed by atoms with Crippen molar-refractivity contribution in [3.8, 4) is 11.1 Å². The molecule has 2 aliphatic rings. The van der Waals surface area contributed by atoms with Crippen LogP contribution in [0.5, 0.6) is 0 Å². The molecule has 2 unspecified atom stereocenters. The molecule has 0 spiro atoms. The monoisotopic (exact) mass is 439 g/mol. The molecular weight excluding hydrogens is 414 g/mol. The van der Waals surface area contributed by atoms with Gasteiger partial charge in [-0.05, 0) is 37.2 Å². The lowest BCUT2D eigenvalue weighted by atomic mass is 10.1. The molecule has 0 aliphatic carbocycles. The number of pyridine rings is 1. The van der Waals surface area contributed by atoms with Gasteiger partial charge in [0, 0.05) is 67.3 Å². The summed E-state index contributed by atoms with van der Waals surface area (Å²) < 4.78 is 1.78. The number of hydrogen-bond donors (Lipinski definition) is 0. The third kappa shape index (κ3) is 3.66. The number of likely N-dealkylation sites (tertiary alicyclic amines) is 1. The van der Waals surface area contributed by atoms with Crippen LogP contribution in [-0.4, -0.2) is 67.6 Å². The van der Waals surface area contributed by atoms with E-state index in [4.69, 9.17) is 0 Å². The van der Waals surface area contributed by atoms with Crippen molar-refractivity contribution in [2.75, 3.05) is 25.0 Å². The molecule has 33 heavy (non-hydrogen) atoms. The lowest BCUT2D eigenvalue weighted by Crippen LogP contribution is -2.44. The molecule has 3 aromatic heterocycles. The van der Waals surface area contributed by atoms with Crippen LogP contribution in [0.25, 0.3) is 22.0 Å². The smallest absolute Gasteiger partial charge is 0.170 e. The maximum atomic E-state index is 13.1. The molecule has 6 rings (SSSR count). The first-order chi connectivity index (χ1) is 16.0. The van der Waals surface area contributed by atoms with Crippen LogP contribution in [0.15, 0.2) is 55.1 Å². The molecule has 2 atom stereocenters. The Kier molecular flexibility index (Phi) is 4.69.